The number of carbonyl (C=O) groups is 1. The van der Waals surface area contributed by atoms with E-state index in [0.717, 1.165) is 0 Å². The fourth-order valence-electron chi connectivity index (χ4n) is 2.41. The van der Waals surface area contributed by atoms with Crippen LogP contribution in [0.25, 0.3) is 0 Å². The van der Waals surface area contributed by atoms with Crippen molar-refractivity contribution in [2.75, 3.05) is 12.9 Å². The summed E-state index contributed by atoms with van der Waals surface area (Å²) in [7, 11) is -3.10. The first-order chi connectivity index (χ1) is 9.86. The predicted molar refractivity (Wildman–Crippen MR) is 86.4 cm³/mol. The van der Waals surface area contributed by atoms with Crippen molar-refractivity contribution in [1.29, 1.82) is 0 Å². The van der Waals surface area contributed by atoms with E-state index in [9.17, 15) is 17.8 Å². The number of sulfone groups is 1. The molecule has 0 radical (unpaired) electrons. The molecule has 0 bridgehead atoms. The molecule has 3 N–H and O–H groups in total. The summed E-state index contributed by atoms with van der Waals surface area (Å²) in [6, 6.07) is 0. The van der Waals surface area contributed by atoms with E-state index in [1.165, 1.54) is 6.26 Å². The number of ether oxygens (including phenoxy) is 1. The van der Waals surface area contributed by atoms with Crippen LogP contribution in [0, 0.1) is 0 Å². The van der Waals surface area contributed by atoms with E-state index in [-0.39, 0.29) is 6.61 Å². The second kappa shape index (κ2) is 6.94. The van der Waals surface area contributed by atoms with E-state index in [2.05, 4.69) is 4.72 Å². The van der Waals surface area contributed by atoms with Crippen molar-refractivity contribution < 1.29 is 22.5 Å². The number of hydrogen-bond donors (Lipinski definition) is 2. The largest absolute Gasteiger partial charge is 0.598 e. The second-order valence-corrected chi connectivity index (χ2v) is 11.2. The summed E-state index contributed by atoms with van der Waals surface area (Å²) in [5.74, 6) is 0. The molecule has 0 spiro atoms. The third-order valence-corrected chi connectivity index (χ3v) is 7.26. The van der Waals surface area contributed by atoms with Crippen LogP contribution in [-0.4, -0.2) is 47.5 Å². The zero-order valence-corrected chi connectivity index (χ0v) is 15.2. The molecule has 1 saturated carbocycles. The summed E-state index contributed by atoms with van der Waals surface area (Å²) in [5, 5.41) is -0.404. The summed E-state index contributed by atoms with van der Waals surface area (Å²) < 4.78 is 43.2. The lowest BCUT2D eigenvalue weighted by Gasteiger charge is -2.40. The van der Waals surface area contributed by atoms with Crippen LogP contribution < -0.4 is 10.5 Å². The van der Waals surface area contributed by atoms with Gasteiger partial charge in [0.2, 0.25) is 0 Å². The molecule has 130 valence electrons. The first-order valence-corrected chi connectivity index (χ1v) is 10.3. The van der Waals surface area contributed by atoms with Gasteiger partial charge in [-0.2, -0.15) is 0 Å². The minimum absolute atomic E-state index is 0.0133. The van der Waals surface area contributed by atoms with Gasteiger partial charge < -0.3 is 15.0 Å². The van der Waals surface area contributed by atoms with E-state index in [1.54, 1.807) is 0 Å². The van der Waals surface area contributed by atoms with E-state index in [0.29, 0.717) is 25.7 Å². The van der Waals surface area contributed by atoms with Crippen molar-refractivity contribution in [2.45, 2.75) is 62.0 Å². The van der Waals surface area contributed by atoms with Crippen LogP contribution in [0.5, 0.6) is 0 Å². The summed E-state index contributed by atoms with van der Waals surface area (Å²) in [6.45, 7) is 5.49. The zero-order valence-electron chi connectivity index (χ0n) is 13.5. The third-order valence-electron chi connectivity index (χ3n) is 3.85. The van der Waals surface area contributed by atoms with Crippen LogP contribution in [-0.2, 0) is 25.9 Å². The van der Waals surface area contributed by atoms with Crippen molar-refractivity contribution in [2.24, 2.45) is 5.73 Å². The zero-order chi connectivity index (χ0) is 17.2. The van der Waals surface area contributed by atoms with Crippen LogP contribution in [0.4, 0.5) is 4.79 Å². The fraction of sp³-hybridized carbons (Fsp3) is 0.923. The molecule has 1 atom stereocenters. The molecule has 0 aromatic carbocycles. The maximum absolute atomic E-state index is 12.4. The molecule has 1 amide bonds. The molecule has 0 heterocycles. The number of nitrogens with two attached hydrogens (primary N) is 1. The Labute approximate surface area is 135 Å². The van der Waals surface area contributed by atoms with Gasteiger partial charge in [0, 0.05) is 17.6 Å². The summed E-state index contributed by atoms with van der Waals surface area (Å²) in [6.07, 6.45) is 2.13. The number of primary amides is 1. The SMILES string of the molecule is CC(C)(C)[S@+]([O-])NC1(COC(N)=O)CCC(S(C)(=O)=O)CC1. The molecule has 0 unspecified atom stereocenters. The molecular formula is C13H26N2O5S2. The van der Waals surface area contributed by atoms with Gasteiger partial charge in [-0.05, 0) is 46.5 Å². The second-order valence-electron chi connectivity index (χ2n) is 6.90. The number of carbonyl (C=O) groups excluding carboxylic acids is 1. The van der Waals surface area contributed by atoms with Gasteiger partial charge in [-0.3, -0.25) is 0 Å². The summed E-state index contributed by atoms with van der Waals surface area (Å²) in [4.78, 5) is 10.9. The highest BCUT2D eigenvalue weighted by Gasteiger charge is 2.44. The topological polar surface area (TPSA) is 122 Å². The van der Waals surface area contributed by atoms with Crippen LogP contribution in [0.1, 0.15) is 46.5 Å². The molecule has 0 aliphatic heterocycles. The quantitative estimate of drug-likeness (QED) is 0.706. The number of rotatable bonds is 5. The van der Waals surface area contributed by atoms with Crippen LogP contribution in [0.3, 0.4) is 0 Å². The average Bonchev–Trinajstić information content (AvgIpc) is 2.35. The van der Waals surface area contributed by atoms with Gasteiger partial charge in [0.25, 0.3) is 0 Å². The van der Waals surface area contributed by atoms with Crippen LogP contribution in [0.2, 0.25) is 0 Å². The molecule has 1 rings (SSSR count). The van der Waals surface area contributed by atoms with E-state index in [1.807, 2.05) is 20.8 Å². The Balaban J connectivity index is 2.84. The Hall–Kier alpha value is -0.510. The van der Waals surface area contributed by atoms with Gasteiger partial charge in [-0.25, -0.2) is 13.2 Å². The molecule has 0 saturated heterocycles. The molecular weight excluding hydrogens is 328 g/mol. The van der Waals surface area contributed by atoms with Crippen LogP contribution in [0.15, 0.2) is 0 Å². The molecule has 9 heteroatoms. The lowest BCUT2D eigenvalue weighted by molar-refractivity contribution is 0.101. The predicted octanol–water partition coefficient (Wildman–Crippen LogP) is 0.859. The maximum atomic E-state index is 12.4. The molecule has 0 aromatic rings. The Morgan fingerprint density at radius 1 is 1.41 bits per heavy atom. The van der Waals surface area contributed by atoms with E-state index >= 15 is 0 Å². The number of amides is 1. The molecule has 1 aliphatic rings. The minimum atomic E-state index is -3.10. The van der Waals surface area contributed by atoms with Gasteiger partial charge in [0.15, 0.2) is 0 Å². The smallest absolute Gasteiger partial charge is 0.404 e. The number of nitrogens with one attached hydrogen (secondary N) is 1. The lowest BCUT2D eigenvalue weighted by Crippen LogP contribution is -2.58. The molecule has 0 aromatic heterocycles. The van der Waals surface area contributed by atoms with Gasteiger partial charge in [0.05, 0.1) is 10.8 Å². The first kappa shape index (κ1) is 19.5. The lowest BCUT2D eigenvalue weighted by atomic mass is 9.83. The standard InChI is InChI=1S/C13H26N2O5S2/c1-12(2,3)21(17)15-13(9-20-11(14)16)7-5-10(6-8-13)22(4,18)19/h10,15H,5-9H2,1-4H3,(H2,14,16)/t10?,13?,21-/m0/s1. The normalized spacial score (nSPS) is 28.1. The average molecular weight is 354 g/mol. The summed E-state index contributed by atoms with van der Waals surface area (Å²) >= 11 is -1.35. The molecule has 1 aliphatic carbocycles. The third kappa shape index (κ3) is 5.60. The Bertz CT molecular complexity index is 493. The van der Waals surface area contributed by atoms with Crippen molar-refractivity contribution in [3.63, 3.8) is 0 Å². The van der Waals surface area contributed by atoms with Gasteiger partial charge in [0.1, 0.15) is 21.2 Å². The summed E-state index contributed by atoms with van der Waals surface area (Å²) in [5.41, 5.74) is 4.32. The van der Waals surface area contributed by atoms with Gasteiger partial charge in [-0.15, -0.1) is 4.72 Å². The number of hydrogen-bond acceptors (Lipinski definition) is 6. The monoisotopic (exact) mass is 354 g/mol. The highest BCUT2D eigenvalue weighted by molar-refractivity contribution is 7.91. The fourth-order valence-corrected chi connectivity index (χ4v) is 4.46. The van der Waals surface area contributed by atoms with Gasteiger partial charge >= 0.3 is 6.09 Å². The first-order valence-electron chi connectivity index (χ1n) is 7.16. The van der Waals surface area contributed by atoms with Crippen molar-refractivity contribution in [3.05, 3.63) is 0 Å². The Kier molecular flexibility index (Phi) is 6.16. The molecule has 22 heavy (non-hydrogen) atoms. The van der Waals surface area contributed by atoms with Crippen molar-refractivity contribution in [1.82, 2.24) is 4.72 Å². The minimum Gasteiger partial charge on any atom is -0.598 e. The van der Waals surface area contributed by atoms with E-state index in [4.69, 9.17) is 10.5 Å². The Morgan fingerprint density at radius 3 is 2.27 bits per heavy atom. The van der Waals surface area contributed by atoms with Crippen molar-refractivity contribution >= 4 is 27.3 Å². The Morgan fingerprint density at radius 2 is 1.91 bits per heavy atom. The van der Waals surface area contributed by atoms with E-state index < -0.39 is 42.8 Å². The van der Waals surface area contributed by atoms with Crippen LogP contribution >= 0.6 is 0 Å². The van der Waals surface area contributed by atoms with Crippen molar-refractivity contribution in [3.8, 4) is 0 Å². The molecule has 1 fully saturated rings. The van der Waals surface area contributed by atoms with Gasteiger partial charge in [-0.1, -0.05) is 0 Å². The molecule has 7 nitrogen and oxygen atoms in total. The highest BCUT2D eigenvalue weighted by atomic mass is 32.2. The maximum Gasteiger partial charge on any atom is 0.404 e. The highest BCUT2D eigenvalue weighted by Crippen LogP contribution is 2.34.